The van der Waals surface area contributed by atoms with Gasteiger partial charge in [-0.3, -0.25) is 9.59 Å². The number of aldehydes is 1. The van der Waals surface area contributed by atoms with Crippen LogP contribution in [0.5, 0.6) is 0 Å². The van der Waals surface area contributed by atoms with E-state index in [1.54, 1.807) is 12.2 Å². The minimum atomic E-state index is -1.27. The zero-order valence-corrected chi connectivity index (χ0v) is 16.4. The molecule has 1 aliphatic heterocycles. The van der Waals surface area contributed by atoms with Crippen LogP contribution in [-0.4, -0.2) is 54.2 Å². The summed E-state index contributed by atoms with van der Waals surface area (Å²) in [5.74, 6) is -3.12. The van der Waals surface area contributed by atoms with Crippen LogP contribution in [0.4, 0.5) is 0 Å². The molecule has 0 radical (unpaired) electrons. The summed E-state index contributed by atoms with van der Waals surface area (Å²) in [5.41, 5.74) is 0.745. The highest BCUT2D eigenvalue weighted by molar-refractivity contribution is 5.92. The summed E-state index contributed by atoms with van der Waals surface area (Å²) in [4.78, 5) is 48.0. The Kier molecular flexibility index (Phi) is 7.28. The topological polar surface area (TPSA) is 116 Å². The average Bonchev–Trinajstić information content (AvgIpc) is 2.93. The van der Waals surface area contributed by atoms with Crippen LogP contribution >= 0.6 is 0 Å². The number of aliphatic hydroxyl groups excluding tert-OH is 1. The van der Waals surface area contributed by atoms with E-state index in [9.17, 15) is 24.3 Å². The summed E-state index contributed by atoms with van der Waals surface area (Å²) in [6.07, 6.45) is 0.932. The number of hydrogen-bond acceptors (Lipinski definition) is 8. The monoisotopic (exact) mass is 404 g/mol. The fraction of sp³-hybridized carbons (Fsp3) is 0.429. The van der Waals surface area contributed by atoms with Gasteiger partial charge in [0.05, 0.1) is 12.5 Å². The third-order valence-corrected chi connectivity index (χ3v) is 4.71. The summed E-state index contributed by atoms with van der Waals surface area (Å²) in [7, 11) is 0. The molecule has 156 valence electrons. The molecule has 8 nitrogen and oxygen atoms in total. The number of fused-ring (bicyclic) bond motifs is 1. The molecule has 2 rings (SSSR count). The Labute approximate surface area is 168 Å². The number of hydrogen-bond donors (Lipinski definition) is 1. The molecule has 1 heterocycles. The first kappa shape index (κ1) is 22.3. The lowest BCUT2D eigenvalue weighted by molar-refractivity contribution is -0.166. The quantitative estimate of drug-likeness (QED) is 0.240. The number of ether oxygens (including phenoxy) is 3. The van der Waals surface area contributed by atoms with E-state index in [4.69, 9.17) is 14.2 Å². The molecule has 1 N–H and O–H groups in total. The fourth-order valence-electron chi connectivity index (χ4n) is 3.28. The minimum absolute atomic E-state index is 0.00558. The Morgan fingerprint density at radius 1 is 1.34 bits per heavy atom. The summed E-state index contributed by atoms with van der Waals surface area (Å²) < 4.78 is 16.2. The predicted octanol–water partition coefficient (Wildman–Crippen LogP) is 1.34. The van der Waals surface area contributed by atoms with E-state index in [0.29, 0.717) is 24.7 Å². The number of esters is 3. The Hall–Kier alpha value is -3.00. The SMILES string of the molecule is C=C(C)C(=O)OC1C(OC(C)=O)/C(C=O)=C\CC/C(CO)=C\C2OC(=O)C(=C)C21. The van der Waals surface area contributed by atoms with Crippen molar-refractivity contribution in [2.45, 2.75) is 45.0 Å². The van der Waals surface area contributed by atoms with E-state index >= 15 is 0 Å². The lowest BCUT2D eigenvalue weighted by Gasteiger charge is -2.33. The van der Waals surface area contributed by atoms with Gasteiger partial charge in [0.1, 0.15) is 12.4 Å². The van der Waals surface area contributed by atoms with Gasteiger partial charge in [0.15, 0.2) is 12.2 Å². The highest BCUT2D eigenvalue weighted by atomic mass is 16.6. The van der Waals surface area contributed by atoms with E-state index < -0.39 is 42.1 Å². The molecule has 0 saturated carbocycles. The summed E-state index contributed by atoms with van der Waals surface area (Å²) in [5, 5.41) is 9.61. The standard InChI is InChI=1S/C21H24O8/c1-11(2)20(25)29-19-17-12(3)21(26)28-16(17)8-14(9-22)6-5-7-15(10-23)18(19)27-13(4)24/h7-8,10,16-19,22H,1,3,5-6,9H2,2,4H3/b14-8+,15-7-. The van der Waals surface area contributed by atoms with E-state index in [0.717, 1.165) is 6.92 Å². The Morgan fingerprint density at radius 3 is 2.59 bits per heavy atom. The van der Waals surface area contributed by atoms with Gasteiger partial charge in [-0.15, -0.1) is 0 Å². The Bertz CT molecular complexity index is 803. The van der Waals surface area contributed by atoms with Gasteiger partial charge >= 0.3 is 17.9 Å². The molecule has 4 atom stereocenters. The maximum Gasteiger partial charge on any atom is 0.334 e. The maximum absolute atomic E-state index is 12.3. The average molecular weight is 404 g/mol. The van der Waals surface area contributed by atoms with Gasteiger partial charge in [-0.05, 0) is 31.4 Å². The molecule has 4 unspecified atom stereocenters. The second-order valence-corrected chi connectivity index (χ2v) is 6.94. The molecule has 1 saturated heterocycles. The van der Waals surface area contributed by atoms with E-state index in [-0.39, 0.29) is 23.3 Å². The van der Waals surface area contributed by atoms with Gasteiger partial charge in [-0.25, -0.2) is 9.59 Å². The molecular formula is C21H24O8. The zero-order valence-electron chi connectivity index (χ0n) is 16.4. The number of carbonyl (C=O) groups excluding carboxylic acids is 4. The van der Waals surface area contributed by atoms with Crippen LogP contribution in [0.3, 0.4) is 0 Å². The minimum Gasteiger partial charge on any atom is -0.454 e. The highest BCUT2D eigenvalue weighted by Crippen LogP contribution is 2.37. The summed E-state index contributed by atoms with van der Waals surface area (Å²) in [6, 6.07) is 0. The van der Waals surface area contributed by atoms with Crippen LogP contribution in [0.2, 0.25) is 0 Å². The van der Waals surface area contributed by atoms with Crippen molar-refractivity contribution >= 4 is 24.2 Å². The van der Waals surface area contributed by atoms with Crippen molar-refractivity contribution in [1.82, 2.24) is 0 Å². The molecule has 29 heavy (non-hydrogen) atoms. The van der Waals surface area contributed by atoms with Gasteiger partial charge in [0.25, 0.3) is 0 Å². The van der Waals surface area contributed by atoms with Crippen LogP contribution in [0.15, 0.2) is 47.6 Å². The van der Waals surface area contributed by atoms with Gasteiger partial charge in [-0.1, -0.05) is 19.2 Å². The zero-order chi connectivity index (χ0) is 21.7. The molecule has 0 aromatic rings. The van der Waals surface area contributed by atoms with Crippen molar-refractivity contribution in [3.63, 3.8) is 0 Å². The largest absolute Gasteiger partial charge is 0.454 e. The first-order valence-electron chi connectivity index (χ1n) is 9.08. The van der Waals surface area contributed by atoms with Gasteiger partial charge in [-0.2, -0.15) is 0 Å². The molecule has 2 aliphatic rings. The van der Waals surface area contributed by atoms with Crippen LogP contribution < -0.4 is 0 Å². The van der Waals surface area contributed by atoms with Crippen molar-refractivity contribution in [1.29, 1.82) is 0 Å². The molecular weight excluding hydrogens is 380 g/mol. The smallest absolute Gasteiger partial charge is 0.334 e. The van der Waals surface area contributed by atoms with Crippen LogP contribution in [0.25, 0.3) is 0 Å². The fourth-order valence-corrected chi connectivity index (χ4v) is 3.28. The number of allylic oxidation sites excluding steroid dienone is 1. The first-order chi connectivity index (χ1) is 13.7. The third kappa shape index (κ3) is 5.08. The van der Waals surface area contributed by atoms with Crippen molar-refractivity contribution in [3.8, 4) is 0 Å². The van der Waals surface area contributed by atoms with Crippen molar-refractivity contribution in [2.24, 2.45) is 5.92 Å². The second-order valence-electron chi connectivity index (χ2n) is 6.94. The van der Waals surface area contributed by atoms with Gasteiger partial charge in [0.2, 0.25) is 0 Å². The maximum atomic E-state index is 12.3. The first-order valence-corrected chi connectivity index (χ1v) is 9.08. The van der Waals surface area contributed by atoms with E-state index in [1.165, 1.54) is 6.92 Å². The van der Waals surface area contributed by atoms with Crippen LogP contribution in [-0.2, 0) is 33.4 Å². The molecule has 0 aromatic carbocycles. The third-order valence-electron chi connectivity index (χ3n) is 4.71. The van der Waals surface area contributed by atoms with E-state index in [1.807, 2.05) is 0 Å². The second kappa shape index (κ2) is 9.47. The van der Waals surface area contributed by atoms with Gasteiger partial charge < -0.3 is 19.3 Å². The molecule has 1 fully saturated rings. The normalized spacial score (nSPS) is 30.6. The lowest BCUT2D eigenvalue weighted by Crippen LogP contribution is -2.45. The van der Waals surface area contributed by atoms with Gasteiger partial charge in [0, 0.05) is 23.6 Å². The molecule has 0 spiro atoms. The van der Waals surface area contributed by atoms with Crippen molar-refractivity contribution in [2.75, 3.05) is 6.61 Å². The van der Waals surface area contributed by atoms with E-state index in [2.05, 4.69) is 13.2 Å². The predicted molar refractivity (Wildman–Crippen MR) is 101 cm³/mol. The highest BCUT2D eigenvalue weighted by Gasteiger charge is 2.49. The molecule has 0 amide bonds. The Morgan fingerprint density at radius 2 is 2.03 bits per heavy atom. The molecule has 0 aromatic heterocycles. The van der Waals surface area contributed by atoms with Crippen molar-refractivity contribution in [3.05, 3.63) is 47.6 Å². The number of carbonyl (C=O) groups is 4. The molecule has 0 bridgehead atoms. The lowest BCUT2D eigenvalue weighted by atomic mass is 9.83. The molecule has 1 aliphatic carbocycles. The van der Waals surface area contributed by atoms with Crippen molar-refractivity contribution < 1.29 is 38.5 Å². The summed E-state index contributed by atoms with van der Waals surface area (Å²) >= 11 is 0. The Balaban J connectivity index is 2.65. The van der Waals surface area contributed by atoms with Crippen LogP contribution in [0, 0.1) is 5.92 Å². The molecule has 8 heteroatoms. The number of aliphatic hydroxyl groups is 1. The number of rotatable bonds is 5. The van der Waals surface area contributed by atoms with Crippen LogP contribution in [0.1, 0.15) is 26.7 Å². The summed E-state index contributed by atoms with van der Waals surface area (Å²) in [6.45, 7) is 9.59.